The minimum Gasteiger partial charge on any atom is -0.415 e. The highest BCUT2D eigenvalue weighted by atomic mass is 16.5. The molecule has 1 heterocycles. The van der Waals surface area contributed by atoms with E-state index in [1.54, 1.807) is 0 Å². The second-order valence-electron chi connectivity index (χ2n) is 4.48. The van der Waals surface area contributed by atoms with Gasteiger partial charge in [-0.1, -0.05) is 44.2 Å². The number of nitrogens with zero attached hydrogens (tertiary/aromatic N) is 1. The Bertz CT molecular complexity index is 315. The van der Waals surface area contributed by atoms with Crippen LogP contribution in [0.2, 0.25) is 0 Å². The molecule has 1 aliphatic heterocycles. The van der Waals surface area contributed by atoms with Crippen LogP contribution in [0.15, 0.2) is 30.3 Å². The van der Waals surface area contributed by atoms with Crippen LogP contribution in [0.3, 0.4) is 0 Å². The second kappa shape index (κ2) is 4.37. The molecule has 1 saturated heterocycles. The third kappa shape index (κ3) is 2.08. The van der Waals surface area contributed by atoms with Crippen molar-refractivity contribution in [2.45, 2.75) is 39.0 Å². The lowest BCUT2D eigenvalue weighted by Crippen LogP contribution is -2.36. The summed E-state index contributed by atoms with van der Waals surface area (Å²) in [6, 6.07) is 11.5. The Labute approximate surface area is 92.5 Å². The van der Waals surface area contributed by atoms with Crippen LogP contribution in [0, 0.1) is 0 Å². The molecule has 0 aromatic heterocycles. The van der Waals surface area contributed by atoms with Gasteiger partial charge in [0.05, 0.1) is 6.10 Å². The Morgan fingerprint density at radius 2 is 1.93 bits per heavy atom. The summed E-state index contributed by atoms with van der Waals surface area (Å²) in [7, 11) is 0.748. The van der Waals surface area contributed by atoms with E-state index in [4.69, 9.17) is 4.65 Å². The second-order valence-corrected chi connectivity index (χ2v) is 4.48. The lowest BCUT2D eigenvalue weighted by Gasteiger charge is -2.26. The highest BCUT2D eigenvalue weighted by Crippen LogP contribution is 2.30. The average molecular weight is 203 g/mol. The molecule has 80 valence electrons. The van der Waals surface area contributed by atoms with E-state index in [1.165, 1.54) is 5.56 Å². The van der Waals surface area contributed by atoms with Gasteiger partial charge in [-0.05, 0) is 18.5 Å². The van der Waals surface area contributed by atoms with E-state index in [9.17, 15) is 0 Å². The first-order chi connectivity index (χ1) is 7.20. The van der Waals surface area contributed by atoms with Crippen LogP contribution in [0.25, 0.3) is 0 Å². The molecule has 1 fully saturated rings. The van der Waals surface area contributed by atoms with Gasteiger partial charge in [0, 0.05) is 6.04 Å². The van der Waals surface area contributed by atoms with Gasteiger partial charge in [-0.2, -0.15) is 0 Å². The zero-order valence-electron chi connectivity index (χ0n) is 9.68. The van der Waals surface area contributed by atoms with Crippen LogP contribution in [-0.2, 0) is 4.65 Å². The van der Waals surface area contributed by atoms with Gasteiger partial charge in [0.2, 0.25) is 0 Å². The molecule has 0 unspecified atom stereocenters. The third-order valence-corrected chi connectivity index (χ3v) is 3.16. The van der Waals surface area contributed by atoms with Gasteiger partial charge >= 0.3 is 7.62 Å². The van der Waals surface area contributed by atoms with Gasteiger partial charge in [-0.15, -0.1) is 0 Å². The van der Waals surface area contributed by atoms with Crippen molar-refractivity contribution >= 4 is 7.62 Å². The molecule has 1 aliphatic rings. The highest BCUT2D eigenvalue weighted by molar-refractivity contribution is 6.24. The molecule has 15 heavy (non-hydrogen) atoms. The number of hydrogen-bond acceptors (Lipinski definition) is 2. The van der Waals surface area contributed by atoms with Crippen molar-refractivity contribution in [3.05, 3.63) is 35.9 Å². The Morgan fingerprint density at radius 1 is 1.27 bits per heavy atom. The van der Waals surface area contributed by atoms with Crippen LogP contribution < -0.4 is 0 Å². The molecule has 0 amide bonds. The Hall–Kier alpha value is -0.795. The minimum atomic E-state index is 0.230. The summed E-state index contributed by atoms with van der Waals surface area (Å²) in [5, 5.41) is 0. The third-order valence-electron chi connectivity index (χ3n) is 3.16. The molecule has 0 saturated carbocycles. The van der Waals surface area contributed by atoms with Gasteiger partial charge in [0.1, 0.15) is 0 Å². The molecule has 2 atom stereocenters. The van der Waals surface area contributed by atoms with Gasteiger partial charge < -0.3 is 9.47 Å². The quantitative estimate of drug-likeness (QED) is 0.682. The Morgan fingerprint density at radius 3 is 2.47 bits per heavy atom. The molecule has 3 heteroatoms. The van der Waals surface area contributed by atoms with Gasteiger partial charge in [0.25, 0.3) is 0 Å². The number of hydrogen-bond donors (Lipinski definition) is 0. The van der Waals surface area contributed by atoms with Crippen molar-refractivity contribution in [2.24, 2.45) is 0 Å². The molecule has 0 bridgehead atoms. The van der Waals surface area contributed by atoms with E-state index in [-0.39, 0.29) is 6.10 Å². The fraction of sp³-hybridized carbons (Fsp3) is 0.500. The normalized spacial score (nSPS) is 26.9. The molecule has 2 nitrogen and oxygen atoms in total. The first kappa shape index (κ1) is 10.7. The van der Waals surface area contributed by atoms with E-state index >= 15 is 0 Å². The summed E-state index contributed by atoms with van der Waals surface area (Å²) in [6.07, 6.45) is 0.230. The summed E-state index contributed by atoms with van der Waals surface area (Å²) in [5.74, 6) is 0. The van der Waals surface area contributed by atoms with E-state index < -0.39 is 0 Å². The number of rotatable bonds is 2. The highest BCUT2D eigenvalue weighted by Gasteiger charge is 2.34. The Balaban J connectivity index is 2.14. The van der Waals surface area contributed by atoms with Crippen molar-refractivity contribution < 1.29 is 4.65 Å². The predicted molar refractivity (Wildman–Crippen MR) is 63.9 cm³/mol. The predicted octanol–water partition coefficient (Wildman–Crippen LogP) is 2.12. The maximum Gasteiger partial charge on any atom is 0.364 e. The van der Waals surface area contributed by atoms with Crippen LogP contribution >= 0.6 is 0 Å². The first-order valence-electron chi connectivity index (χ1n) is 5.62. The minimum absolute atomic E-state index is 0.230. The molecule has 1 aromatic carbocycles. The molecular formula is C12H18BNO. The van der Waals surface area contributed by atoms with Crippen molar-refractivity contribution in [1.29, 1.82) is 0 Å². The number of benzene rings is 1. The maximum atomic E-state index is 5.85. The van der Waals surface area contributed by atoms with Crippen LogP contribution in [0.5, 0.6) is 0 Å². The largest absolute Gasteiger partial charge is 0.415 e. The SMILES string of the molecule is CC(C)N1BO[C@H](c2ccccc2)[C@H]1C. The molecule has 0 aliphatic carbocycles. The smallest absolute Gasteiger partial charge is 0.364 e. The summed E-state index contributed by atoms with van der Waals surface area (Å²) in [6.45, 7) is 6.67. The fourth-order valence-electron chi connectivity index (χ4n) is 2.23. The molecule has 0 radical (unpaired) electrons. The molecule has 2 rings (SSSR count). The maximum absolute atomic E-state index is 5.85. The van der Waals surface area contributed by atoms with Crippen LogP contribution in [0.1, 0.15) is 32.4 Å². The summed E-state index contributed by atoms with van der Waals surface area (Å²) in [4.78, 5) is 2.39. The average Bonchev–Trinajstić information content (AvgIpc) is 2.61. The van der Waals surface area contributed by atoms with Crippen molar-refractivity contribution in [3.63, 3.8) is 0 Å². The van der Waals surface area contributed by atoms with Crippen molar-refractivity contribution in [3.8, 4) is 0 Å². The van der Waals surface area contributed by atoms with E-state index in [0.717, 1.165) is 7.62 Å². The van der Waals surface area contributed by atoms with Gasteiger partial charge in [-0.3, -0.25) is 0 Å². The molecular weight excluding hydrogens is 185 g/mol. The monoisotopic (exact) mass is 203 g/mol. The zero-order valence-corrected chi connectivity index (χ0v) is 9.68. The molecule has 0 spiro atoms. The van der Waals surface area contributed by atoms with Crippen molar-refractivity contribution in [1.82, 2.24) is 4.81 Å². The topological polar surface area (TPSA) is 12.5 Å². The van der Waals surface area contributed by atoms with Crippen LogP contribution in [-0.4, -0.2) is 24.5 Å². The van der Waals surface area contributed by atoms with Gasteiger partial charge in [0.15, 0.2) is 0 Å². The van der Waals surface area contributed by atoms with E-state index in [0.29, 0.717) is 12.1 Å². The van der Waals surface area contributed by atoms with E-state index in [1.807, 2.05) is 6.07 Å². The standard InChI is InChI=1S/C12H18BNO/c1-9(2)14-10(3)12(15-13-14)11-7-5-4-6-8-11/h4-10,12-13H,1-3H3/t10-,12+/m1/s1. The Kier molecular flexibility index (Phi) is 3.12. The summed E-state index contributed by atoms with van der Waals surface area (Å²) >= 11 is 0. The van der Waals surface area contributed by atoms with E-state index in [2.05, 4.69) is 49.8 Å². The first-order valence-corrected chi connectivity index (χ1v) is 5.62. The van der Waals surface area contributed by atoms with Crippen LogP contribution in [0.4, 0.5) is 0 Å². The molecule has 0 N–H and O–H groups in total. The summed E-state index contributed by atoms with van der Waals surface area (Å²) < 4.78 is 5.85. The van der Waals surface area contributed by atoms with Gasteiger partial charge in [-0.25, -0.2) is 0 Å². The zero-order chi connectivity index (χ0) is 10.8. The lowest BCUT2D eigenvalue weighted by atomic mass is 10.0. The lowest BCUT2D eigenvalue weighted by molar-refractivity contribution is 0.198. The molecule has 1 aromatic rings. The van der Waals surface area contributed by atoms with Crippen molar-refractivity contribution in [2.75, 3.05) is 0 Å². The fourth-order valence-corrected chi connectivity index (χ4v) is 2.23. The summed E-state index contributed by atoms with van der Waals surface area (Å²) in [5.41, 5.74) is 1.29.